The van der Waals surface area contributed by atoms with Gasteiger partial charge in [-0.15, -0.1) is 0 Å². The first-order valence-electron chi connectivity index (χ1n) is 9.50. The van der Waals surface area contributed by atoms with Crippen LogP contribution in [0, 0.1) is 17.3 Å². The van der Waals surface area contributed by atoms with Gasteiger partial charge in [0.25, 0.3) is 5.92 Å². The van der Waals surface area contributed by atoms with Gasteiger partial charge in [0.1, 0.15) is 18.2 Å². The van der Waals surface area contributed by atoms with E-state index in [4.69, 9.17) is 9.47 Å². The number of esters is 2. The summed E-state index contributed by atoms with van der Waals surface area (Å²) in [6, 6.07) is -0.975. The number of alkyl halides is 2. The Kier molecular flexibility index (Phi) is 4.22. The SMILES string of the molecule is C=C1C(=O)O[C@@H]2C[C@@]3(C)CC[C@@H](OC(=O)[C@H]4CC(F)(F)CN4)C(=C)[C@@H]3C[C@H]12. The molecule has 2 saturated heterocycles. The molecule has 0 bridgehead atoms. The van der Waals surface area contributed by atoms with E-state index in [9.17, 15) is 18.4 Å². The fourth-order valence-electron chi connectivity index (χ4n) is 5.27. The molecule has 0 radical (unpaired) electrons. The summed E-state index contributed by atoms with van der Waals surface area (Å²) in [6.07, 6.45) is 1.69. The highest BCUT2D eigenvalue weighted by Gasteiger charge is 2.55. The maximum absolute atomic E-state index is 13.3. The van der Waals surface area contributed by atoms with Crippen LogP contribution in [-0.4, -0.2) is 42.7 Å². The van der Waals surface area contributed by atoms with Crippen LogP contribution in [0.2, 0.25) is 0 Å². The highest BCUT2D eigenvalue weighted by molar-refractivity contribution is 5.90. The second-order valence-corrected chi connectivity index (χ2v) is 8.75. The summed E-state index contributed by atoms with van der Waals surface area (Å²) >= 11 is 0. The van der Waals surface area contributed by atoms with Crippen molar-refractivity contribution in [2.45, 2.75) is 63.2 Å². The predicted octanol–water partition coefficient (Wildman–Crippen LogP) is 2.76. The molecule has 6 atom stereocenters. The van der Waals surface area contributed by atoms with E-state index in [-0.39, 0.29) is 29.3 Å². The second kappa shape index (κ2) is 6.12. The van der Waals surface area contributed by atoms with Crippen LogP contribution in [0.3, 0.4) is 0 Å². The lowest BCUT2D eigenvalue weighted by atomic mass is 9.55. The molecule has 4 fully saturated rings. The van der Waals surface area contributed by atoms with Crippen LogP contribution >= 0.6 is 0 Å². The van der Waals surface area contributed by atoms with E-state index >= 15 is 0 Å². The lowest BCUT2D eigenvalue weighted by Gasteiger charge is -2.51. The molecule has 0 aromatic heterocycles. The highest BCUT2D eigenvalue weighted by Crippen LogP contribution is 2.57. The quantitative estimate of drug-likeness (QED) is 0.453. The van der Waals surface area contributed by atoms with E-state index in [1.165, 1.54) is 0 Å². The number of hydrogen-bond donors (Lipinski definition) is 1. The Morgan fingerprint density at radius 2 is 2.07 bits per heavy atom. The standard InChI is InChI=1S/C20H25F2NO4/c1-10-12-6-13-11(2)15(26-18(25)14-7-20(21,22)9-23-14)4-5-19(13,3)8-16(12)27-17(10)24/h12-16,23H,1-2,4-9H2,3H3/t12-,13+,14-,15-,16-,19-/m1/s1. The van der Waals surface area contributed by atoms with E-state index in [1.54, 1.807) is 0 Å². The number of carbonyl (C=O) groups excluding carboxylic acids is 2. The molecule has 4 aliphatic rings. The van der Waals surface area contributed by atoms with Gasteiger partial charge in [0.2, 0.25) is 0 Å². The summed E-state index contributed by atoms with van der Waals surface area (Å²) in [5.74, 6) is -3.79. The van der Waals surface area contributed by atoms with Crippen LogP contribution in [0.5, 0.6) is 0 Å². The van der Waals surface area contributed by atoms with Crippen LogP contribution in [-0.2, 0) is 19.1 Å². The molecule has 0 amide bonds. The Morgan fingerprint density at radius 3 is 2.74 bits per heavy atom. The maximum Gasteiger partial charge on any atom is 0.334 e. The molecule has 1 N–H and O–H groups in total. The molecule has 0 spiro atoms. The first-order valence-corrected chi connectivity index (χ1v) is 9.50. The van der Waals surface area contributed by atoms with Gasteiger partial charge in [-0.3, -0.25) is 10.1 Å². The summed E-state index contributed by atoms with van der Waals surface area (Å²) in [4.78, 5) is 24.2. The van der Waals surface area contributed by atoms with Gasteiger partial charge in [-0.25, -0.2) is 13.6 Å². The zero-order chi connectivity index (χ0) is 19.6. The van der Waals surface area contributed by atoms with Crippen LogP contribution in [0.15, 0.2) is 24.3 Å². The van der Waals surface area contributed by atoms with Gasteiger partial charge in [0.15, 0.2) is 0 Å². The smallest absolute Gasteiger partial charge is 0.334 e. The Labute approximate surface area is 157 Å². The molecule has 5 nitrogen and oxygen atoms in total. The normalized spacial score (nSPS) is 43.1. The van der Waals surface area contributed by atoms with Crippen molar-refractivity contribution in [1.29, 1.82) is 0 Å². The molecule has 2 aliphatic carbocycles. The number of fused-ring (bicyclic) bond motifs is 2. The van der Waals surface area contributed by atoms with Crippen LogP contribution < -0.4 is 5.32 Å². The third kappa shape index (κ3) is 3.10. The minimum Gasteiger partial charge on any atom is -0.458 e. The van der Waals surface area contributed by atoms with Crippen molar-refractivity contribution in [2.24, 2.45) is 17.3 Å². The number of rotatable bonds is 2. The molecule has 2 heterocycles. The first kappa shape index (κ1) is 18.6. The van der Waals surface area contributed by atoms with E-state index in [2.05, 4.69) is 25.4 Å². The topological polar surface area (TPSA) is 64.6 Å². The Morgan fingerprint density at radius 1 is 1.33 bits per heavy atom. The van der Waals surface area contributed by atoms with Gasteiger partial charge in [-0.2, -0.15) is 0 Å². The predicted molar refractivity (Wildman–Crippen MR) is 92.9 cm³/mol. The lowest BCUT2D eigenvalue weighted by molar-refractivity contribution is -0.154. The number of nitrogens with one attached hydrogen (secondary N) is 1. The van der Waals surface area contributed by atoms with E-state index in [1.807, 2.05) is 0 Å². The molecule has 4 rings (SSSR count). The van der Waals surface area contributed by atoms with Crippen molar-refractivity contribution in [3.8, 4) is 0 Å². The summed E-state index contributed by atoms with van der Waals surface area (Å²) in [5, 5.41) is 2.54. The fourth-order valence-corrected chi connectivity index (χ4v) is 5.27. The molecule has 0 unspecified atom stereocenters. The second-order valence-electron chi connectivity index (χ2n) is 8.75. The number of carbonyl (C=O) groups is 2. The summed E-state index contributed by atoms with van der Waals surface area (Å²) < 4.78 is 37.7. The largest absolute Gasteiger partial charge is 0.458 e. The van der Waals surface area contributed by atoms with Crippen molar-refractivity contribution in [2.75, 3.05) is 6.54 Å². The minimum atomic E-state index is -2.88. The molecule has 0 aromatic carbocycles. The molecule has 7 heteroatoms. The van der Waals surface area contributed by atoms with Crippen molar-refractivity contribution < 1.29 is 27.8 Å². The fraction of sp³-hybridized carbons (Fsp3) is 0.700. The zero-order valence-electron chi connectivity index (χ0n) is 15.4. The Balaban J connectivity index is 1.45. The summed E-state index contributed by atoms with van der Waals surface area (Å²) in [6.45, 7) is 9.72. The van der Waals surface area contributed by atoms with Crippen LogP contribution in [0.25, 0.3) is 0 Å². The monoisotopic (exact) mass is 381 g/mol. The van der Waals surface area contributed by atoms with Gasteiger partial charge < -0.3 is 9.47 Å². The zero-order valence-corrected chi connectivity index (χ0v) is 15.4. The summed E-state index contributed by atoms with van der Waals surface area (Å²) in [5.41, 5.74) is 1.24. The van der Waals surface area contributed by atoms with Gasteiger partial charge >= 0.3 is 11.9 Å². The van der Waals surface area contributed by atoms with Crippen LogP contribution in [0.1, 0.15) is 39.0 Å². The first-order chi connectivity index (χ1) is 12.6. The van der Waals surface area contributed by atoms with Crippen molar-refractivity contribution in [3.05, 3.63) is 24.3 Å². The molecule has 2 aliphatic heterocycles. The van der Waals surface area contributed by atoms with Crippen molar-refractivity contribution >= 4 is 11.9 Å². The molecule has 0 aromatic rings. The van der Waals surface area contributed by atoms with E-state index < -0.39 is 37.0 Å². The average Bonchev–Trinajstić information content (AvgIpc) is 3.08. The number of ether oxygens (including phenoxy) is 2. The molecule has 148 valence electrons. The number of hydrogen-bond acceptors (Lipinski definition) is 5. The Hall–Kier alpha value is -1.76. The van der Waals surface area contributed by atoms with E-state index in [0.717, 1.165) is 18.4 Å². The van der Waals surface area contributed by atoms with Gasteiger partial charge in [0.05, 0.1) is 6.54 Å². The molecular weight excluding hydrogens is 356 g/mol. The van der Waals surface area contributed by atoms with Gasteiger partial charge in [-0.05, 0) is 42.6 Å². The summed E-state index contributed by atoms with van der Waals surface area (Å²) in [7, 11) is 0. The highest BCUT2D eigenvalue weighted by atomic mass is 19.3. The molecule has 2 saturated carbocycles. The molecule has 27 heavy (non-hydrogen) atoms. The maximum atomic E-state index is 13.3. The van der Waals surface area contributed by atoms with Crippen LogP contribution in [0.4, 0.5) is 8.78 Å². The Bertz CT molecular complexity index is 721. The van der Waals surface area contributed by atoms with E-state index in [0.29, 0.717) is 18.4 Å². The third-order valence-corrected chi connectivity index (χ3v) is 6.91. The van der Waals surface area contributed by atoms with Gasteiger partial charge in [0, 0.05) is 17.9 Å². The average molecular weight is 381 g/mol. The van der Waals surface area contributed by atoms with Crippen molar-refractivity contribution in [3.63, 3.8) is 0 Å². The third-order valence-electron chi connectivity index (χ3n) is 6.91. The minimum absolute atomic E-state index is 0.0306. The van der Waals surface area contributed by atoms with Gasteiger partial charge in [-0.1, -0.05) is 20.1 Å². The molecular formula is C20H25F2NO4. The number of halogens is 2. The lowest BCUT2D eigenvalue weighted by Crippen LogP contribution is -2.48. The van der Waals surface area contributed by atoms with Crippen molar-refractivity contribution in [1.82, 2.24) is 5.32 Å².